The summed E-state index contributed by atoms with van der Waals surface area (Å²) in [7, 11) is -7.84. The van der Waals surface area contributed by atoms with Gasteiger partial charge in [-0.25, -0.2) is 36.8 Å². The number of nitrogens with one attached hydrogen (secondary N) is 2. The topological polar surface area (TPSA) is 349 Å². The summed E-state index contributed by atoms with van der Waals surface area (Å²) >= 11 is 2.99. The molecule has 10 atom stereocenters. The lowest BCUT2D eigenvalue weighted by atomic mass is 9.90. The predicted octanol–water partition coefficient (Wildman–Crippen LogP) is 12.0. The number of aryl methyl sites for hydroxylation is 2. The van der Waals surface area contributed by atoms with Crippen molar-refractivity contribution in [2.24, 2.45) is 34.3 Å². The molecule has 0 bridgehead atoms. The molecule has 6 aliphatic carbocycles. The highest BCUT2D eigenvalue weighted by atomic mass is 35.5. The van der Waals surface area contributed by atoms with Crippen molar-refractivity contribution in [1.29, 1.82) is 0 Å². The molecule has 10 aliphatic rings. The molecule has 25 nitrogen and oxygen atoms in total. The van der Waals surface area contributed by atoms with E-state index in [0.717, 1.165) is 135 Å². The van der Waals surface area contributed by atoms with E-state index >= 15 is 0 Å². The van der Waals surface area contributed by atoms with E-state index in [4.69, 9.17) is 49.8 Å². The summed E-state index contributed by atoms with van der Waals surface area (Å²) in [5.74, 6) is -1.91. The van der Waals surface area contributed by atoms with Crippen molar-refractivity contribution < 1.29 is 64.6 Å². The van der Waals surface area contributed by atoms with E-state index in [1.165, 1.54) is 22.7 Å². The van der Waals surface area contributed by atoms with Crippen LogP contribution in [0.15, 0.2) is 35.1 Å². The molecule has 4 aromatic rings. The van der Waals surface area contributed by atoms with Crippen LogP contribution in [0, 0.1) is 28.6 Å². The van der Waals surface area contributed by atoms with Gasteiger partial charge in [-0.2, -0.15) is 9.97 Å². The summed E-state index contributed by atoms with van der Waals surface area (Å²) in [5, 5.41) is 5.47. The van der Waals surface area contributed by atoms with Crippen LogP contribution in [0.2, 0.25) is 0 Å². The summed E-state index contributed by atoms with van der Waals surface area (Å²) < 4.78 is 74.5. The lowest BCUT2D eigenvalue weighted by Crippen LogP contribution is -2.50. The van der Waals surface area contributed by atoms with Crippen molar-refractivity contribution in [1.82, 2.24) is 49.1 Å². The zero-order chi connectivity index (χ0) is 77.8. The summed E-state index contributed by atoms with van der Waals surface area (Å²) in [6.07, 6.45) is 23.8. The van der Waals surface area contributed by atoms with Gasteiger partial charge in [0.25, 0.3) is 0 Å². The Labute approximate surface area is 661 Å². The van der Waals surface area contributed by atoms with Crippen molar-refractivity contribution in [3.8, 4) is 33.4 Å². The number of fused-ring (bicyclic) bond motifs is 6. The van der Waals surface area contributed by atoms with Gasteiger partial charge in [-0.05, 0) is 187 Å². The van der Waals surface area contributed by atoms with Crippen molar-refractivity contribution in [3.63, 3.8) is 0 Å². The van der Waals surface area contributed by atoms with Gasteiger partial charge < -0.3 is 29.7 Å². The molecule has 0 unspecified atom stereocenters. The van der Waals surface area contributed by atoms with E-state index in [-0.39, 0.29) is 105 Å². The predicted molar refractivity (Wildman–Crippen MR) is 420 cm³/mol. The van der Waals surface area contributed by atoms with E-state index in [1.807, 2.05) is 35.1 Å². The second-order valence-corrected chi connectivity index (χ2v) is 40.7. The Bertz CT molecular complexity index is 4470. The van der Waals surface area contributed by atoms with E-state index in [2.05, 4.69) is 37.1 Å². The number of nitrogens with two attached hydrogens (primary N) is 1. The van der Waals surface area contributed by atoms with Gasteiger partial charge >= 0.3 is 5.97 Å². The summed E-state index contributed by atoms with van der Waals surface area (Å²) in [6, 6.07) is -2.59. The minimum atomic E-state index is -3.95. The number of halogens is 1. The molecular formula is C80H110ClN11O14S4. The first-order valence-corrected chi connectivity index (χ1v) is 44.6. The minimum absolute atomic E-state index is 0. The molecule has 4 N–H and O–H groups in total. The number of allylic oxidation sites excluding steroid dienone is 4. The van der Waals surface area contributed by atoms with Gasteiger partial charge in [-0.15, -0.1) is 35.1 Å². The van der Waals surface area contributed by atoms with E-state index in [0.29, 0.717) is 86.2 Å². The normalized spacial score (nSPS) is 28.7. The molecule has 110 heavy (non-hydrogen) atoms. The number of hydrogen-bond donors (Lipinski definition) is 3. The van der Waals surface area contributed by atoms with Crippen LogP contribution in [0.25, 0.3) is 21.7 Å². The standard InChI is InChI=1S/C43H59N5O8S2.C37H50N6O6S2.ClH/c1-26(2)32-25-57-38(45-32)36-44-31-17-13-12-16-30(31)37(46-36)55-29-21-33-34(49)23-43(40(52)47-58(53,54)42(6)18-19-42)22-28(43)15-11-9-7-8-10-14-27(39(51)48(33)24-29)20-35(50)56-41(3,4)5;1-22(2)28-21-50-33(40-28)31-39-27-14-10-9-12-25(27)32(41-31)49-24-17-29-30(44)19-37(35(46)42-51(47,48)36(3)15-16-36)18-23(37)11-7-5-4-6-8-13-26(38)34(45)43(29)20-24;/h11,15,25-29,33H,7-10,12-14,16-24H2,1-6H3,(H,47,52);7,11,21-24,26,29H,4-6,8-10,12-20,38H2,1-3H3,(H,42,46);1H/b15-11-;11-7-;/t27-,28-,29-,33+,43-;23-,24-,26+,29+,37-;/m11./s1. The molecule has 30 heteroatoms. The highest BCUT2D eigenvalue weighted by Crippen LogP contribution is 2.59. The van der Waals surface area contributed by atoms with Crippen LogP contribution in [-0.2, 0) is 84.0 Å². The average molecular weight is 1610 g/mol. The molecule has 4 aromatic heterocycles. The van der Waals surface area contributed by atoms with Gasteiger partial charge in [-0.1, -0.05) is 77.7 Å². The van der Waals surface area contributed by atoms with Crippen LogP contribution in [-0.4, -0.2) is 156 Å². The number of thiazole rings is 2. The summed E-state index contributed by atoms with van der Waals surface area (Å²) in [5.41, 5.74) is 8.98. The molecule has 4 aliphatic heterocycles. The van der Waals surface area contributed by atoms with Crippen LogP contribution in [0.5, 0.6) is 11.8 Å². The van der Waals surface area contributed by atoms with Crippen LogP contribution >= 0.6 is 35.1 Å². The second kappa shape index (κ2) is 33.0. The molecule has 0 radical (unpaired) electrons. The van der Waals surface area contributed by atoms with E-state index in [1.54, 1.807) is 44.4 Å². The Morgan fingerprint density at radius 2 is 1.02 bits per heavy atom. The summed E-state index contributed by atoms with van der Waals surface area (Å²) in [6.45, 7) is 17.2. The molecule has 600 valence electrons. The number of carbonyl (C=O) groups excluding carboxylic acids is 7. The largest absolute Gasteiger partial charge is 0.472 e. The Balaban J connectivity index is 0.000000204. The Morgan fingerprint density at radius 1 is 0.591 bits per heavy atom. The average Bonchev–Trinajstić information content (AvgIpc) is 1.57. The maximum Gasteiger partial charge on any atom is 0.307 e. The van der Waals surface area contributed by atoms with Crippen molar-refractivity contribution in [2.75, 3.05) is 13.1 Å². The number of carbonyl (C=O) groups is 7. The van der Waals surface area contributed by atoms with Gasteiger partial charge in [0.2, 0.25) is 55.4 Å². The number of ketones is 2. The van der Waals surface area contributed by atoms with E-state index < -0.39 is 100 Å². The molecule has 4 amide bonds. The highest BCUT2D eigenvalue weighted by molar-refractivity contribution is 7.92. The SMILES string of the molecule is CC(C)c1csc(-c2nc3c(c(O[C@@H]4C[C@H]5C(=O)C[C@]6(C(=O)NS(=O)(=O)C7(C)CC7)C[C@H]6/C=C\CCCCC[C@H](CC(=O)OC(C)(C)C)C(=O)N5C4)n2)CCCC3)n1.CC(C)c1csc(-c2nc3c(c(O[C@@H]4C[C@H]5C(=O)C[C@]6(C(=O)NS(=O)(=O)C7(C)CC7)C[C@H]6/C=C\CCCCC[C@H](N)C(=O)N5C4)n2)CCCC3)n1.Cl. The first-order chi connectivity index (χ1) is 51.7. The summed E-state index contributed by atoms with van der Waals surface area (Å²) in [4.78, 5) is 131. The third-order valence-electron chi connectivity index (χ3n) is 24.1. The van der Waals surface area contributed by atoms with E-state index in [9.17, 15) is 50.4 Å². The molecule has 6 fully saturated rings. The fraction of sp³-hybridized carbons (Fsp3) is 0.688. The van der Waals surface area contributed by atoms with Gasteiger partial charge in [0.15, 0.2) is 33.2 Å². The lowest BCUT2D eigenvalue weighted by Gasteiger charge is -2.29. The lowest BCUT2D eigenvalue weighted by molar-refractivity contribution is -0.159. The van der Waals surface area contributed by atoms with Crippen molar-refractivity contribution >= 4 is 96.3 Å². The quantitative estimate of drug-likeness (QED) is 0.0693. The zero-order valence-corrected chi connectivity index (χ0v) is 69.2. The van der Waals surface area contributed by atoms with Crippen molar-refractivity contribution in [3.05, 3.63) is 69.0 Å². The van der Waals surface area contributed by atoms with Crippen LogP contribution in [0.3, 0.4) is 0 Å². The fourth-order valence-electron chi connectivity index (χ4n) is 16.3. The second-order valence-electron chi connectivity index (χ2n) is 34.6. The number of esters is 1. The Morgan fingerprint density at radius 3 is 1.44 bits per heavy atom. The third-order valence-corrected chi connectivity index (χ3v) is 30.2. The zero-order valence-electron chi connectivity index (χ0n) is 65.1. The number of nitrogens with zero attached hydrogens (tertiary/aromatic N) is 8. The number of amides is 4. The molecule has 8 heterocycles. The van der Waals surface area contributed by atoms with Gasteiger partial charge in [0.1, 0.15) is 17.8 Å². The number of Topliss-reactive ketones (excluding diaryl/α,β-unsaturated/α-hetero) is 2. The number of hydrogen-bond acceptors (Lipinski definition) is 23. The maximum atomic E-state index is 14.8. The van der Waals surface area contributed by atoms with Crippen molar-refractivity contribution in [2.45, 2.75) is 306 Å². The molecule has 2 saturated heterocycles. The monoisotopic (exact) mass is 1610 g/mol. The number of aromatic nitrogens is 6. The van der Waals surface area contributed by atoms with Gasteiger partial charge in [-0.3, -0.25) is 43.0 Å². The first kappa shape index (κ1) is 82.8. The van der Waals surface area contributed by atoms with Crippen LogP contribution in [0.1, 0.15) is 269 Å². The molecule has 0 spiro atoms. The molecular weight excluding hydrogens is 1500 g/mol. The minimum Gasteiger partial charge on any atom is -0.472 e. The Kier molecular flexibility index (Phi) is 24.9. The van der Waals surface area contributed by atoms with Gasteiger partial charge in [0, 0.05) is 53.5 Å². The molecule has 0 aromatic carbocycles. The first-order valence-electron chi connectivity index (χ1n) is 39.8. The highest BCUT2D eigenvalue weighted by Gasteiger charge is 2.65. The van der Waals surface area contributed by atoms with Crippen LogP contribution in [0.4, 0.5) is 0 Å². The van der Waals surface area contributed by atoms with Gasteiger partial charge in [0.05, 0.1) is 80.7 Å². The molecule has 4 saturated carbocycles. The third kappa shape index (κ3) is 18.3. The van der Waals surface area contributed by atoms with Crippen LogP contribution < -0.4 is 24.7 Å². The number of rotatable bonds is 16. The fourth-order valence-corrected chi connectivity index (χ4v) is 20.8. The molecule has 14 rings (SSSR count). The Hall–Kier alpha value is -6.66. The smallest absolute Gasteiger partial charge is 0.307 e. The maximum absolute atomic E-state index is 14.8. The number of sulfonamides is 2. The number of ether oxygens (including phenoxy) is 3.